The largest absolute Gasteiger partial charge is 0.490 e. The van der Waals surface area contributed by atoms with Crippen molar-refractivity contribution in [2.75, 3.05) is 19.1 Å². The first-order valence-corrected chi connectivity index (χ1v) is 5.55. The number of rotatable bonds is 3. The van der Waals surface area contributed by atoms with E-state index in [4.69, 9.17) is 16.3 Å². The molecule has 0 aliphatic heterocycles. The van der Waals surface area contributed by atoms with Crippen molar-refractivity contribution < 1.29 is 9.13 Å². The van der Waals surface area contributed by atoms with Crippen molar-refractivity contribution in [3.05, 3.63) is 41.6 Å². The normalized spacial score (nSPS) is 10.2. The van der Waals surface area contributed by atoms with Gasteiger partial charge < -0.3 is 9.64 Å². The SMILES string of the molecule is COc1c(Cl)ncnc1N(C)c1ccc(F)cc1. The van der Waals surface area contributed by atoms with Gasteiger partial charge in [-0.3, -0.25) is 0 Å². The Morgan fingerprint density at radius 3 is 2.50 bits per heavy atom. The molecule has 1 heterocycles. The number of methoxy groups -OCH3 is 1. The van der Waals surface area contributed by atoms with Crippen LogP contribution in [-0.2, 0) is 0 Å². The van der Waals surface area contributed by atoms with Crippen molar-refractivity contribution in [3.8, 4) is 5.75 Å². The molecule has 1 aromatic carbocycles. The van der Waals surface area contributed by atoms with Gasteiger partial charge in [0.25, 0.3) is 0 Å². The Balaban J connectivity index is 2.42. The second-order valence-electron chi connectivity index (χ2n) is 3.56. The fraction of sp³-hybridized carbons (Fsp3) is 0.167. The van der Waals surface area contributed by atoms with Gasteiger partial charge in [0, 0.05) is 12.7 Å². The van der Waals surface area contributed by atoms with Gasteiger partial charge >= 0.3 is 0 Å². The molecular weight excluding hydrogens is 257 g/mol. The number of ether oxygens (including phenoxy) is 1. The zero-order valence-electron chi connectivity index (χ0n) is 9.89. The van der Waals surface area contributed by atoms with Gasteiger partial charge in [0.2, 0.25) is 0 Å². The number of hydrogen-bond acceptors (Lipinski definition) is 4. The lowest BCUT2D eigenvalue weighted by Gasteiger charge is -2.20. The molecule has 0 atom stereocenters. The molecule has 0 unspecified atom stereocenters. The fourth-order valence-electron chi connectivity index (χ4n) is 1.55. The molecule has 0 aliphatic carbocycles. The quantitative estimate of drug-likeness (QED) is 0.801. The third kappa shape index (κ3) is 2.36. The first-order valence-electron chi connectivity index (χ1n) is 5.17. The van der Waals surface area contributed by atoms with Crippen molar-refractivity contribution in [2.24, 2.45) is 0 Å². The lowest BCUT2D eigenvalue weighted by Crippen LogP contribution is -2.13. The van der Waals surface area contributed by atoms with E-state index in [-0.39, 0.29) is 11.0 Å². The molecule has 94 valence electrons. The molecule has 0 fully saturated rings. The minimum absolute atomic E-state index is 0.233. The molecule has 6 heteroatoms. The maximum absolute atomic E-state index is 12.9. The number of nitrogens with zero attached hydrogens (tertiary/aromatic N) is 3. The molecular formula is C12H11ClFN3O. The standard InChI is InChI=1S/C12H11ClFN3O/c1-17(9-5-3-8(14)4-6-9)12-10(18-2)11(13)15-7-16-12/h3-7H,1-2H3. The van der Waals surface area contributed by atoms with Gasteiger partial charge in [-0.2, -0.15) is 0 Å². The highest BCUT2D eigenvalue weighted by Gasteiger charge is 2.15. The highest BCUT2D eigenvalue weighted by atomic mass is 35.5. The number of benzene rings is 1. The molecule has 0 radical (unpaired) electrons. The Labute approximate surface area is 109 Å². The van der Waals surface area contributed by atoms with Crippen LogP contribution in [0.5, 0.6) is 5.75 Å². The summed E-state index contributed by atoms with van der Waals surface area (Å²) in [6, 6.07) is 6.04. The van der Waals surface area contributed by atoms with Crippen LogP contribution in [0.2, 0.25) is 5.15 Å². The minimum atomic E-state index is -0.292. The molecule has 0 saturated heterocycles. The van der Waals surface area contributed by atoms with E-state index in [1.807, 2.05) is 0 Å². The maximum Gasteiger partial charge on any atom is 0.199 e. The molecule has 0 bridgehead atoms. The van der Waals surface area contributed by atoms with Crippen LogP contribution in [0.1, 0.15) is 0 Å². The van der Waals surface area contributed by atoms with Crippen LogP contribution in [0.3, 0.4) is 0 Å². The maximum atomic E-state index is 12.9. The molecule has 0 amide bonds. The Hall–Kier alpha value is -1.88. The lowest BCUT2D eigenvalue weighted by molar-refractivity contribution is 0.412. The number of halogens is 2. The molecule has 18 heavy (non-hydrogen) atoms. The number of aromatic nitrogens is 2. The topological polar surface area (TPSA) is 38.3 Å². The van der Waals surface area contributed by atoms with Gasteiger partial charge in [-0.25, -0.2) is 14.4 Å². The van der Waals surface area contributed by atoms with E-state index in [9.17, 15) is 4.39 Å². The summed E-state index contributed by atoms with van der Waals surface area (Å²) >= 11 is 5.92. The van der Waals surface area contributed by atoms with Crippen molar-refractivity contribution >= 4 is 23.1 Å². The summed E-state index contributed by atoms with van der Waals surface area (Å²) in [4.78, 5) is 9.71. The van der Waals surface area contributed by atoms with Crippen molar-refractivity contribution in [3.63, 3.8) is 0 Å². The molecule has 2 rings (SSSR count). The summed E-state index contributed by atoms with van der Waals surface area (Å²) in [7, 11) is 3.28. The van der Waals surface area contributed by atoms with E-state index in [0.717, 1.165) is 5.69 Å². The van der Waals surface area contributed by atoms with E-state index in [1.165, 1.54) is 25.6 Å². The number of anilines is 2. The summed E-state index contributed by atoms with van der Waals surface area (Å²) in [6.45, 7) is 0. The number of hydrogen-bond donors (Lipinski definition) is 0. The molecule has 0 aliphatic rings. The smallest absolute Gasteiger partial charge is 0.199 e. The Bertz CT molecular complexity index is 548. The average Bonchev–Trinajstić information content (AvgIpc) is 2.38. The first-order chi connectivity index (χ1) is 8.63. The summed E-state index contributed by atoms with van der Waals surface area (Å²) in [5.74, 6) is 0.606. The van der Waals surface area contributed by atoms with Crippen LogP contribution in [-0.4, -0.2) is 24.1 Å². The second-order valence-corrected chi connectivity index (χ2v) is 3.91. The summed E-state index contributed by atoms with van der Waals surface area (Å²) in [5.41, 5.74) is 0.768. The van der Waals surface area contributed by atoms with Gasteiger partial charge in [-0.05, 0) is 24.3 Å². The second kappa shape index (κ2) is 5.18. The Kier molecular flexibility index (Phi) is 3.62. The highest BCUT2D eigenvalue weighted by Crippen LogP contribution is 2.34. The van der Waals surface area contributed by atoms with Gasteiger partial charge in [0.15, 0.2) is 16.7 Å². The van der Waals surface area contributed by atoms with Crippen molar-refractivity contribution in [1.29, 1.82) is 0 Å². The summed E-state index contributed by atoms with van der Waals surface area (Å²) in [5, 5.41) is 0.233. The van der Waals surface area contributed by atoms with Gasteiger partial charge in [0.1, 0.15) is 12.1 Å². The van der Waals surface area contributed by atoms with E-state index < -0.39 is 0 Å². The Morgan fingerprint density at radius 1 is 1.22 bits per heavy atom. The van der Waals surface area contributed by atoms with Gasteiger partial charge in [0.05, 0.1) is 7.11 Å². The van der Waals surface area contributed by atoms with E-state index in [2.05, 4.69) is 9.97 Å². The van der Waals surface area contributed by atoms with E-state index in [0.29, 0.717) is 11.6 Å². The highest BCUT2D eigenvalue weighted by molar-refractivity contribution is 6.31. The van der Waals surface area contributed by atoms with Gasteiger partial charge in [-0.1, -0.05) is 11.6 Å². The summed E-state index contributed by atoms with van der Waals surface area (Å²) in [6.07, 6.45) is 1.35. The molecule has 0 spiro atoms. The van der Waals surface area contributed by atoms with Crippen molar-refractivity contribution in [1.82, 2.24) is 9.97 Å². The lowest BCUT2D eigenvalue weighted by atomic mass is 10.3. The molecule has 0 saturated carbocycles. The molecule has 2 aromatic rings. The van der Waals surface area contributed by atoms with Crippen LogP contribution in [0, 0.1) is 5.82 Å². The summed E-state index contributed by atoms with van der Waals surface area (Å²) < 4.78 is 18.0. The van der Waals surface area contributed by atoms with Crippen LogP contribution in [0.15, 0.2) is 30.6 Å². The first kappa shape index (κ1) is 12.6. The average molecular weight is 268 g/mol. The predicted molar refractivity (Wildman–Crippen MR) is 68.1 cm³/mol. The third-order valence-corrected chi connectivity index (χ3v) is 2.75. The molecule has 0 N–H and O–H groups in total. The van der Waals surface area contributed by atoms with E-state index in [1.54, 1.807) is 24.1 Å². The predicted octanol–water partition coefficient (Wildman–Crippen LogP) is 3.05. The van der Waals surface area contributed by atoms with Crippen molar-refractivity contribution in [2.45, 2.75) is 0 Å². The van der Waals surface area contributed by atoms with Crippen LogP contribution < -0.4 is 9.64 Å². The van der Waals surface area contributed by atoms with E-state index >= 15 is 0 Å². The van der Waals surface area contributed by atoms with Crippen LogP contribution >= 0.6 is 11.6 Å². The Morgan fingerprint density at radius 2 is 1.89 bits per heavy atom. The van der Waals surface area contributed by atoms with Gasteiger partial charge in [-0.15, -0.1) is 0 Å². The molecule has 4 nitrogen and oxygen atoms in total. The van der Waals surface area contributed by atoms with Crippen LogP contribution in [0.4, 0.5) is 15.9 Å². The minimum Gasteiger partial charge on any atom is -0.490 e. The zero-order chi connectivity index (χ0) is 13.1. The molecule has 1 aromatic heterocycles. The fourth-order valence-corrected chi connectivity index (χ4v) is 1.75. The van der Waals surface area contributed by atoms with Crippen LogP contribution in [0.25, 0.3) is 0 Å². The zero-order valence-corrected chi connectivity index (χ0v) is 10.6. The monoisotopic (exact) mass is 267 g/mol. The third-order valence-electron chi connectivity index (χ3n) is 2.48.